The molecule has 0 aromatic heterocycles. The standard InChI is InChI=1S/C18H17N3O6/c22-17(19-14-4-1-12(2-5-14)18(23)24)13-3-6-15(16(11-13)21(25)26)20-7-9-27-10-8-20/h1-6,11H,7-10H2,(H,19,22)(H,23,24). The first-order valence-corrected chi connectivity index (χ1v) is 8.21. The van der Waals surface area contributed by atoms with Crippen molar-refractivity contribution >= 4 is 28.9 Å². The van der Waals surface area contributed by atoms with Crippen molar-refractivity contribution in [3.8, 4) is 0 Å². The van der Waals surface area contributed by atoms with Gasteiger partial charge in [0.2, 0.25) is 0 Å². The van der Waals surface area contributed by atoms with Crippen molar-refractivity contribution in [2.24, 2.45) is 0 Å². The lowest BCUT2D eigenvalue weighted by Crippen LogP contribution is -2.36. The van der Waals surface area contributed by atoms with Gasteiger partial charge in [0, 0.05) is 30.4 Å². The van der Waals surface area contributed by atoms with Gasteiger partial charge in [-0.05, 0) is 36.4 Å². The number of rotatable bonds is 5. The van der Waals surface area contributed by atoms with Crippen molar-refractivity contribution in [3.63, 3.8) is 0 Å². The van der Waals surface area contributed by atoms with E-state index in [9.17, 15) is 19.7 Å². The van der Waals surface area contributed by atoms with Gasteiger partial charge in [-0.1, -0.05) is 0 Å². The molecule has 1 amide bonds. The summed E-state index contributed by atoms with van der Waals surface area (Å²) in [6, 6.07) is 9.97. The van der Waals surface area contributed by atoms with E-state index in [0.717, 1.165) is 0 Å². The lowest BCUT2D eigenvalue weighted by molar-refractivity contribution is -0.384. The van der Waals surface area contributed by atoms with Gasteiger partial charge in [-0.3, -0.25) is 14.9 Å². The zero-order valence-electron chi connectivity index (χ0n) is 14.3. The van der Waals surface area contributed by atoms with Crippen LogP contribution in [0.2, 0.25) is 0 Å². The molecular formula is C18H17N3O6. The molecule has 27 heavy (non-hydrogen) atoms. The van der Waals surface area contributed by atoms with Gasteiger partial charge in [0.05, 0.1) is 23.7 Å². The van der Waals surface area contributed by atoms with E-state index in [2.05, 4.69) is 5.32 Å². The van der Waals surface area contributed by atoms with Crippen LogP contribution in [0.4, 0.5) is 17.1 Å². The van der Waals surface area contributed by atoms with Crippen LogP contribution >= 0.6 is 0 Å². The molecule has 2 N–H and O–H groups in total. The van der Waals surface area contributed by atoms with E-state index in [1.165, 1.54) is 36.4 Å². The van der Waals surface area contributed by atoms with Crippen molar-refractivity contribution in [3.05, 3.63) is 63.7 Å². The summed E-state index contributed by atoms with van der Waals surface area (Å²) in [7, 11) is 0. The molecule has 0 unspecified atom stereocenters. The van der Waals surface area contributed by atoms with E-state index < -0.39 is 16.8 Å². The van der Waals surface area contributed by atoms with Crippen LogP contribution in [-0.2, 0) is 4.74 Å². The Labute approximate surface area is 154 Å². The lowest BCUT2D eigenvalue weighted by Gasteiger charge is -2.28. The molecule has 0 atom stereocenters. The number of nitrogens with zero attached hydrogens (tertiary/aromatic N) is 2. The van der Waals surface area contributed by atoms with Crippen LogP contribution in [-0.4, -0.2) is 48.2 Å². The molecule has 140 valence electrons. The van der Waals surface area contributed by atoms with Crippen LogP contribution in [0.15, 0.2) is 42.5 Å². The number of carboxylic acids is 1. The van der Waals surface area contributed by atoms with Crippen molar-refractivity contribution in [1.29, 1.82) is 0 Å². The Morgan fingerprint density at radius 1 is 1.07 bits per heavy atom. The Morgan fingerprint density at radius 2 is 1.70 bits per heavy atom. The molecule has 1 saturated heterocycles. The average Bonchev–Trinajstić information content (AvgIpc) is 2.68. The quantitative estimate of drug-likeness (QED) is 0.611. The van der Waals surface area contributed by atoms with Gasteiger partial charge in [0.25, 0.3) is 11.6 Å². The van der Waals surface area contributed by atoms with Crippen LogP contribution in [0.1, 0.15) is 20.7 Å². The number of benzene rings is 2. The fourth-order valence-electron chi connectivity index (χ4n) is 2.78. The Balaban J connectivity index is 1.81. The first-order valence-electron chi connectivity index (χ1n) is 8.21. The Morgan fingerprint density at radius 3 is 2.30 bits per heavy atom. The lowest BCUT2D eigenvalue weighted by atomic mass is 10.1. The molecule has 9 heteroatoms. The molecule has 1 fully saturated rings. The van der Waals surface area contributed by atoms with Crippen molar-refractivity contribution in [1.82, 2.24) is 0 Å². The van der Waals surface area contributed by atoms with Gasteiger partial charge in [0.1, 0.15) is 5.69 Å². The summed E-state index contributed by atoms with van der Waals surface area (Å²) < 4.78 is 5.26. The van der Waals surface area contributed by atoms with Crippen LogP contribution in [0.25, 0.3) is 0 Å². The second-order valence-corrected chi connectivity index (χ2v) is 5.90. The van der Waals surface area contributed by atoms with Crippen molar-refractivity contribution in [2.45, 2.75) is 0 Å². The Bertz CT molecular complexity index is 875. The summed E-state index contributed by atoms with van der Waals surface area (Å²) in [6.45, 7) is 2.07. The number of carbonyl (C=O) groups excluding carboxylic acids is 1. The van der Waals surface area contributed by atoms with E-state index in [1.807, 2.05) is 4.90 Å². The average molecular weight is 371 g/mol. The van der Waals surface area contributed by atoms with Crippen molar-refractivity contribution in [2.75, 3.05) is 36.5 Å². The molecule has 0 bridgehead atoms. The summed E-state index contributed by atoms with van der Waals surface area (Å²) in [6.07, 6.45) is 0. The maximum absolute atomic E-state index is 12.4. The zero-order chi connectivity index (χ0) is 19.4. The first kappa shape index (κ1) is 18.3. The molecule has 1 aliphatic rings. The fourth-order valence-corrected chi connectivity index (χ4v) is 2.78. The highest BCUT2D eigenvalue weighted by atomic mass is 16.6. The van der Waals surface area contributed by atoms with Gasteiger partial charge in [0.15, 0.2) is 0 Å². The topological polar surface area (TPSA) is 122 Å². The van der Waals surface area contributed by atoms with Crippen molar-refractivity contribution < 1.29 is 24.4 Å². The predicted octanol–water partition coefficient (Wildman–Crippen LogP) is 2.38. The summed E-state index contributed by atoms with van der Waals surface area (Å²) in [5.74, 6) is -1.59. The van der Waals surface area contributed by atoms with Crippen LogP contribution in [0.3, 0.4) is 0 Å². The molecule has 0 aliphatic carbocycles. The number of nitro groups is 1. The monoisotopic (exact) mass is 371 g/mol. The highest BCUT2D eigenvalue weighted by molar-refractivity contribution is 6.05. The summed E-state index contributed by atoms with van der Waals surface area (Å²) in [4.78, 5) is 36.1. The maximum Gasteiger partial charge on any atom is 0.335 e. The number of carbonyl (C=O) groups is 2. The third-order valence-electron chi connectivity index (χ3n) is 4.18. The third kappa shape index (κ3) is 4.21. The highest BCUT2D eigenvalue weighted by Crippen LogP contribution is 2.30. The molecule has 3 rings (SSSR count). The van der Waals surface area contributed by atoms with Crippen LogP contribution in [0.5, 0.6) is 0 Å². The number of anilines is 2. The Kier molecular flexibility index (Phi) is 5.32. The predicted molar refractivity (Wildman–Crippen MR) is 97.5 cm³/mol. The Hall–Kier alpha value is -3.46. The first-order chi connectivity index (χ1) is 13.0. The second-order valence-electron chi connectivity index (χ2n) is 5.90. The summed E-state index contributed by atoms with van der Waals surface area (Å²) >= 11 is 0. The smallest absolute Gasteiger partial charge is 0.335 e. The van der Waals surface area contributed by atoms with E-state index >= 15 is 0 Å². The third-order valence-corrected chi connectivity index (χ3v) is 4.18. The highest BCUT2D eigenvalue weighted by Gasteiger charge is 2.23. The van der Waals surface area contributed by atoms with E-state index in [-0.39, 0.29) is 16.8 Å². The minimum absolute atomic E-state index is 0.0958. The number of carboxylic acid groups (broad SMARTS) is 1. The number of ether oxygens (including phenoxy) is 1. The molecule has 0 spiro atoms. The van der Waals surface area contributed by atoms with Crippen LogP contribution in [0, 0.1) is 10.1 Å². The van der Waals surface area contributed by atoms with E-state index in [1.54, 1.807) is 6.07 Å². The largest absolute Gasteiger partial charge is 0.478 e. The number of hydrogen-bond donors (Lipinski definition) is 2. The minimum atomic E-state index is -1.07. The molecular weight excluding hydrogens is 354 g/mol. The molecule has 9 nitrogen and oxygen atoms in total. The molecule has 1 heterocycles. The van der Waals surface area contributed by atoms with E-state index in [4.69, 9.17) is 9.84 Å². The number of nitro benzene ring substituents is 1. The zero-order valence-corrected chi connectivity index (χ0v) is 14.3. The minimum Gasteiger partial charge on any atom is -0.478 e. The summed E-state index contributed by atoms with van der Waals surface area (Å²) in [5, 5.41) is 22.9. The van der Waals surface area contributed by atoms with E-state index in [0.29, 0.717) is 37.7 Å². The van der Waals surface area contributed by atoms with Gasteiger partial charge in [-0.15, -0.1) is 0 Å². The number of aromatic carboxylic acids is 1. The van der Waals surface area contributed by atoms with Crippen LogP contribution < -0.4 is 10.2 Å². The molecule has 2 aromatic rings. The number of morpholine rings is 1. The van der Waals surface area contributed by atoms with Gasteiger partial charge in [-0.2, -0.15) is 0 Å². The van der Waals surface area contributed by atoms with Gasteiger partial charge < -0.3 is 20.1 Å². The molecule has 1 aliphatic heterocycles. The summed E-state index contributed by atoms with van der Waals surface area (Å²) in [5.41, 5.74) is 0.931. The normalized spacial score (nSPS) is 13.9. The van der Waals surface area contributed by atoms with Gasteiger partial charge >= 0.3 is 5.97 Å². The SMILES string of the molecule is O=C(O)c1ccc(NC(=O)c2ccc(N3CCOCC3)c([N+](=O)[O-])c2)cc1. The molecule has 0 saturated carbocycles. The van der Waals surface area contributed by atoms with Gasteiger partial charge in [-0.25, -0.2) is 4.79 Å². The number of nitrogens with one attached hydrogen (secondary N) is 1. The second kappa shape index (κ2) is 7.83. The maximum atomic E-state index is 12.4. The number of amides is 1. The molecule has 0 radical (unpaired) electrons. The molecule has 2 aromatic carbocycles. The fraction of sp³-hybridized carbons (Fsp3) is 0.222. The number of hydrogen-bond acceptors (Lipinski definition) is 6.